The third-order valence-corrected chi connectivity index (χ3v) is 5.94. The van der Waals surface area contributed by atoms with E-state index in [9.17, 15) is 4.79 Å². The highest BCUT2D eigenvalue weighted by atomic mass is 32.1. The molecule has 1 aliphatic rings. The second kappa shape index (κ2) is 9.22. The van der Waals surface area contributed by atoms with Gasteiger partial charge in [0.2, 0.25) is 5.91 Å². The molecule has 0 radical (unpaired) electrons. The topological polar surface area (TPSA) is 56.7 Å². The normalized spacial score (nSPS) is 16.6. The van der Waals surface area contributed by atoms with Gasteiger partial charge in [0.1, 0.15) is 6.54 Å². The summed E-state index contributed by atoms with van der Waals surface area (Å²) in [6.45, 7) is 5.42. The summed E-state index contributed by atoms with van der Waals surface area (Å²) in [5.41, 5.74) is 0.0226. The molecule has 25 heavy (non-hydrogen) atoms. The fourth-order valence-corrected chi connectivity index (χ4v) is 3.79. The molecular formula is C19H32N4OS. The van der Waals surface area contributed by atoms with E-state index in [0.717, 1.165) is 12.5 Å². The van der Waals surface area contributed by atoms with Gasteiger partial charge in [-0.2, -0.15) is 0 Å². The smallest absolute Gasteiger partial charge is 0.243 e. The molecule has 1 fully saturated rings. The number of likely N-dealkylation sites (N-methyl/N-ethyl adjacent to an activating group) is 1. The summed E-state index contributed by atoms with van der Waals surface area (Å²) in [7, 11) is 3.53. The summed E-state index contributed by atoms with van der Waals surface area (Å²) in [5.74, 6) is 0.772. The van der Waals surface area contributed by atoms with Crippen LogP contribution in [0.4, 0.5) is 0 Å². The van der Waals surface area contributed by atoms with Crippen molar-refractivity contribution in [1.29, 1.82) is 0 Å². The van der Waals surface area contributed by atoms with Crippen molar-refractivity contribution in [1.82, 2.24) is 15.5 Å². The van der Waals surface area contributed by atoms with Crippen molar-refractivity contribution in [2.24, 2.45) is 4.99 Å². The SMILES string of the molecule is CN(C)C(=O)CN=C(NCC(C)(C)c1cccs1)NC1CCCCC1. The number of carbonyl (C=O) groups is 1. The van der Waals surface area contributed by atoms with Gasteiger partial charge in [0.15, 0.2) is 5.96 Å². The molecular weight excluding hydrogens is 332 g/mol. The monoisotopic (exact) mass is 364 g/mol. The number of hydrogen-bond acceptors (Lipinski definition) is 3. The van der Waals surface area contributed by atoms with E-state index >= 15 is 0 Å². The zero-order chi connectivity index (χ0) is 18.3. The maximum Gasteiger partial charge on any atom is 0.243 e. The summed E-state index contributed by atoms with van der Waals surface area (Å²) in [4.78, 5) is 19.4. The van der Waals surface area contributed by atoms with E-state index in [0.29, 0.717) is 6.04 Å². The summed E-state index contributed by atoms with van der Waals surface area (Å²) >= 11 is 1.78. The summed E-state index contributed by atoms with van der Waals surface area (Å²) < 4.78 is 0. The average Bonchev–Trinajstić information content (AvgIpc) is 3.13. The molecule has 1 aromatic rings. The number of guanidine groups is 1. The predicted octanol–water partition coefficient (Wildman–Crippen LogP) is 2.98. The Kier molecular flexibility index (Phi) is 7.29. The van der Waals surface area contributed by atoms with Gasteiger partial charge in [-0.3, -0.25) is 4.79 Å². The third-order valence-electron chi connectivity index (χ3n) is 4.70. The molecule has 0 atom stereocenters. The lowest BCUT2D eigenvalue weighted by molar-refractivity contribution is -0.127. The Morgan fingerprint density at radius 1 is 1.32 bits per heavy atom. The van der Waals surface area contributed by atoms with Gasteiger partial charge in [-0.25, -0.2) is 4.99 Å². The number of nitrogens with zero attached hydrogens (tertiary/aromatic N) is 2. The molecule has 0 saturated heterocycles. The van der Waals surface area contributed by atoms with E-state index in [4.69, 9.17) is 0 Å². The molecule has 6 heteroatoms. The molecule has 2 rings (SSSR count). The maximum atomic E-state index is 11.9. The van der Waals surface area contributed by atoms with Crippen LogP contribution in [0.1, 0.15) is 50.8 Å². The van der Waals surface area contributed by atoms with Crippen molar-refractivity contribution < 1.29 is 4.79 Å². The third kappa shape index (κ3) is 6.34. The van der Waals surface area contributed by atoms with Gasteiger partial charge in [-0.15, -0.1) is 11.3 Å². The number of aliphatic imine (C=N–C) groups is 1. The molecule has 1 aromatic heterocycles. The Morgan fingerprint density at radius 3 is 2.64 bits per heavy atom. The van der Waals surface area contributed by atoms with E-state index in [-0.39, 0.29) is 17.9 Å². The molecule has 1 saturated carbocycles. The van der Waals surface area contributed by atoms with E-state index in [1.807, 2.05) is 0 Å². The van der Waals surface area contributed by atoms with Gasteiger partial charge in [0.25, 0.3) is 0 Å². The number of nitrogens with one attached hydrogen (secondary N) is 2. The molecule has 140 valence electrons. The molecule has 0 bridgehead atoms. The maximum absolute atomic E-state index is 11.9. The Labute approximate surface area is 155 Å². The quantitative estimate of drug-likeness (QED) is 0.603. The van der Waals surface area contributed by atoms with Crippen LogP contribution < -0.4 is 10.6 Å². The lowest BCUT2D eigenvalue weighted by Crippen LogP contribution is -2.48. The number of carbonyl (C=O) groups excluding carboxylic acids is 1. The predicted molar refractivity (Wildman–Crippen MR) is 106 cm³/mol. The zero-order valence-electron chi connectivity index (χ0n) is 16.0. The Bertz CT molecular complexity index is 560. The highest BCUT2D eigenvalue weighted by Gasteiger charge is 2.23. The molecule has 1 aliphatic carbocycles. The molecule has 2 N–H and O–H groups in total. The van der Waals surface area contributed by atoms with Gasteiger partial charge in [-0.05, 0) is 24.3 Å². The van der Waals surface area contributed by atoms with Crippen LogP contribution in [0, 0.1) is 0 Å². The van der Waals surface area contributed by atoms with E-state index in [1.165, 1.54) is 37.0 Å². The van der Waals surface area contributed by atoms with Crippen molar-refractivity contribution >= 4 is 23.2 Å². The van der Waals surface area contributed by atoms with Gasteiger partial charge >= 0.3 is 0 Å². The van der Waals surface area contributed by atoms with Gasteiger partial charge in [-0.1, -0.05) is 39.2 Å². The van der Waals surface area contributed by atoms with Crippen LogP contribution in [-0.4, -0.2) is 50.0 Å². The molecule has 0 spiro atoms. The number of rotatable bonds is 6. The fraction of sp³-hybridized carbons (Fsp3) is 0.684. The van der Waals surface area contributed by atoms with Crippen LogP contribution >= 0.6 is 11.3 Å². The first kappa shape index (κ1) is 19.8. The molecule has 0 aromatic carbocycles. The number of hydrogen-bond donors (Lipinski definition) is 2. The zero-order valence-corrected chi connectivity index (χ0v) is 16.8. The first-order valence-corrected chi connectivity index (χ1v) is 10.1. The van der Waals surface area contributed by atoms with Crippen LogP contribution in [0.25, 0.3) is 0 Å². The minimum absolute atomic E-state index is 0.0160. The largest absolute Gasteiger partial charge is 0.355 e. The van der Waals surface area contributed by atoms with Crippen LogP contribution in [0.3, 0.4) is 0 Å². The Balaban J connectivity index is 1.99. The first-order valence-electron chi connectivity index (χ1n) is 9.17. The second-order valence-corrected chi connectivity index (χ2v) is 8.59. The lowest BCUT2D eigenvalue weighted by atomic mass is 9.91. The van der Waals surface area contributed by atoms with Crippen molar-refractivity contribution in [2.75, 3.05) is 27.2 Å². The van der Waals surface area contributed by atoms with E-state index < -0.39 is 0 Å². The number of thiophene rings is 1. The van der Waals surface area contributed by atoms with Gasteiger partial charge in [0, 0.05) is 37.0 Å². The summed E-state index contributed by atoms with van der Waals surface area (Å²) in [5, 5.41) is 9.12. The van der Waals surface area contributed by atoms with Crippen LogP contribution in [0.2, 0.25) is 0 Å². The molecule has 0 unspecified atom stereocenters. The Morgan fingerprint density at radius 2 is 2.04 bits per heavy atom. The van der Waals surface area contributed by atoms with Crippen molar-refractivity contribution in [2.45, 2.75) is 57.4 Å². The highest BCUT2D eigenvalue weighted by molar-refractivity contribution is 7.10. The minimum Gasteiger partial charge on any atom is -0.355 e. The highest BCUT2D eigenvalue weighted by Crippen LogP contribution is 2.26. The minimum atomic E-state index is 0.0160. The van der Waals surface area contributed by atoms with Crippen LogP contribution in [0.5, 0.6) is 0 Å². The summed E-state index contributed by atoms with van der Waals surface area (Å²) in [6, 6.07) is 4.72. The molecule has 1 heterocycles. The lowest BCUT2D eigenvalue weighted by Gasteiger charge is -2.28. The van der Waals surface area contributed by atoms with Crippen molar-refractivity contribution in [3.63, 3.8) is 0 Å². The standard InChI is InChI=1S/C19H32N4OS/c1-19(2,16-11-8-12-25-16)14-21-18(20-13-17(24)23(3)4)22-15-9-6-5-7-10-15/h8,11-12,15H,5-7,9-10,13-14H2,1-4H3,(H2,20,21,22). The number of amides is 1. The van der Waals surface area contributed by atoms with Crippen molar-refractivity contribution in [3.05, 3.63) is 22.4 Å². The first-order chi connectivity index (χ1) is 11.9. The average molecular weight is 365 g/mol. The Hall–Kier alpha value is -1.56. The molecule has 1 amide bonds. The van der Waals surface area contributed by atoms with Gasteiger partial charge < -0.3 is 15.5 Å². The van der Waals surface area contributed by atoms with E-state index in [2.05, 4.69) is 47.0 Å². The second-order valence-electron chi connectivity index (χ2n) is 7.65. The molecule has 0 aliphatic heterocycles. The van der Waals surface area contributed by atoms with Crippen LogP contribution in [0.15, 0.2) is 22.5 Å². The van der Waals surface area contributed by atoms with Crippen LogP contribution in [-0.2, 0) is 10.2 Å². The van der Waals surface area contributed by atoms with Gasteiger partial charge in [0.05, 0.1) is 0 Å². The van der Waals surface area contributed by atoms with E-state index in [1.54, 1.807) is 30.3 Å². The summed E-state index contributed by atoms with van der Waals surface area (Å²) in [6.07, 6.45) is 6.21. The fourth-order valence-electron chi connectivity index (χ4n) is 2.94. The van der Waals surface area contributed by atoms with Crippen molar-refractivity contribution in [3.8, 4) is 0 Å². The molecule has 5 nitrogen and oxygen atoms in total.